The molecule has 1 N–H and O–H groups in total. The molecular formula is C12H17N3O. The average Bonchev–Trinajstić information content (AvgIpc) is 2.28. The number of para-hydroxylation sites is 1. The zero-order chi connectivity index (χ0) is 11.5. The number of carbonyl (C=O) groups is 1. The normalized spacial score (nSPS) is 14.9. The molecule has 1 aliphatic heterocycles. The Morgan fingerprint density at radius 3 is 2.88 bits per heavy atom. The van der Waals surface area contributed by atoms with Crippen LogP contribution >= 0.6 is 0 Å². The molecule has 0 saturated carbocycles. The molecule has 86 valence electrons. The molecule has 0 bridgehead atoms. The Balaban J connectivity index is 2.18. The maximum Gasteiger partial charge on any atom is 0.254 e. The molecule has 1 aliphatic rings. The summed E-state index contributed by atoms with van der Waals surface area (Å²) in [7, 11) is 4.10. The number of hydrogen-bond donors (Lipinski definition) is 1. The number of likely N-dealkylation sites (N-methyl/N-ethyl adjacent to an activating group) is 1. The van der Waals surface area contributed by atoms with Gasteiger partial charge in [0.25, 0.3) is 5.91 Å². The van der Waals surface area contributed by atoms with Gasteiger partial charge in [0, 0.05) is 13.1 Å². The van der Waals surface area contributed by atoms with Crippen molar-refractivity contribution < 1.29 is 4.79 Å². The van der Waals surface area contributed by atoms with Gasteiger partial charge in [-0.05, 0) is 26.2 Å². The van der Waals surface area contributed by atoms with Crippen LogP contribution in [-0.4, -0.2) is 44.7 Å². The molecule has 4 nitrogen and oxygen atoms in total. The predicted molar refractivity (Wildman–Crippen MR) is 64.7 cm³/mol. The van der Waals surface area contributed by atoms with Gasteiger partial charge >= 0.3 is 0 Å². The predicted octanol–water partition coefficient (Wildman–Crippen LogP) is 0.756. The summed E-state index contributed by atoms with van der Waals surface area (Å²) in [5, 5.41) is 2.88. The molecule has 2 rings (SSSR count). The highest BCUT2D eigenvalue weighted by Gasteiger charge is 2.21. The molecule has 4 heteroatoms. The molecule has 0 fully saturated rings. The number of amides is 1. The Labute approximate surface area is 95.8 Å². The summed E-state index contributed by atoms with van der Waals surface area (Å²) in [5.41, 5.74) is 1.81. The molecule has 1 heterocycles. The van der Waals surface area contributed by atoms with Crippen LogP contribution in [0, 0.1) is 0 Å². The SMILES string of the molecule is CN(C)CCN1CNC(=O)c2ccccc21. The van der Waals surface area contributed by atoms with E-state index in [1.54, 1.807) is 0 Å². The van der Waals surface area contributed by atoms with Crippen molar-refractivity contribution in [2.75, 3.05) is 38.8 Å². The minimum absolute atomic E-state index is 0.0247. The minimum atomic E-state index is 0.0247. The molecule has 0 unspecified atom stereocenters. The summed E-state index contributed by atoms with van der Waals surface area (Å²) in [6.07, 6.45) is 0. The summed E-state index contributed by atoms with van der Waals surface area (Å²) in [6.45, 7) is 2.50. The van der Waals surface area contributed by atoms with E-state index in [0.717, 1.165) is 24.3 Å². The lowest BCUT2D eigenvalue weighted by Gasteiger charge is -2.31. The number of fused-ring (bicyclic) bond motifs is 1. The summed E-state index contributed by atoms with van der Waals surface area (Å²) in [5.74, 6) is 0.0247. The first-order valence-corrected chi connectivity index (χ1v) is 5.45. The van der Waals surface area contributed by atoms with Crippen molar-refractivity contribution in [2.24, 2.45) is 0 Å². The number of nitrogens with zero attached hydrogens (tertiary/aromatic N) is 2. The van der Waals surface area contributed by atoms with Crippen LogP contribution in [0.3, 0.4) is 0 Å². The summed E-state index contributed by atoms with van der Waals surface area (Å²) >= 11 is 0. The topological polar surface area (TPSA) is 35.6 Å². The second-order valence-corrected chi connectivity index (χ2v) is 4.25. The quantitative estimate of drug-likeness (QED) is 0.815. The number of anilines is 1. The van der Waals surface area contributed by atoms with Gasteiger partial charge in [0.1, 0.15) is 0 Å². The van der Waals surface area contributed by atoms with Gasteiger partial charge in [-0.2, -0.15) is 0 Å². The standard InChI is InChI=1S/C12H17N3O/c1-14(2)7-8-15-9-13-12(16)10-5-3-4-6-11(10)15/h3-6H,7-9H2,1-2H3,(H,13,16). The molecule has 1 aromatic carbocycles. The van der Waals surface area contributed by atoms with Gasteiger partial charge in [0.05, 0.1) is 17.9 Å². The van der Waals surface area contributed by atoms with E-state index in [1.165, 1.54) is 0 Å². The molecule has 1 amide bonds. The van der Waals surface area contributed by atoms with E-state index in [1.807, 2.05) is 24.3 Å². The largest absolute Gasteiger partial charge is 0.352 e. The fraction of sp³-hybridized carbons (Fsp3) is 0.417. The van der Waals surface area contributed by atoms with E-state index >= 15 is 0 Å². The highest BCUT2D eigenvalue weighted by molar-refractivity contribution is 6.01. The van der Waals surface area contributed by atoms with Gasteiger partial charge in [-0.15, -0.1) is 0 Å². The average molecular weight is 219 g/mol. The highest BCUT2D eigenvalue weighted by Crippen LogP contribution is 2.22. The lowest BCUT2D eigenvalue weighted by atomic mass is 10.1. The van der Waals surface area contributed by atoms with Gasteiger partial charge in [-0.25, -0.2) is 0 Å². The summed E-state index contributed by atoms with van der Waals surface area (Å²) in [4.78, 5) is 16.0. The van der Waals surface area contributed by atoms with Crippen molar-refractivity contribution >= 4 is 11.6 Å². The molecule has 1 aromatic rings. The van der Waals surface area contributed by atoms with Gasteiger partial charge in [0.15, 0.2) is 0 Å². The minimum Gasteiger partial charge on any atom is -0.352 e. The Hall–Kier alpha value is -1.55. The van der Waals surface area contributed by atoms with E-state index in [2.05, 4.69) is 29.2 Å². The van der Waals surface area contributed by atoms with E-state index in [9.17, 15) is 4.79 Å². The number of rotatable bonds is 3. The maximum absolute atomic E-state index is 11.6. The molecular weight excluding hydrogens is 202 g/mol. The molecule has 0 spiro atoms. The van der Waals surface area contributed by atoms with Crippen molar-refractivity contribution in [3.8, 4) is 0 Å². The Kier molecular flexibility index (Phi) is 3.10. The first kappa shape index (κ1) is 11.0. The Morgan fingerprint density at radius 1 is 1.38 bits per heavy atom. The van der Waals surface area contributed by atoms with Crippen LogP contribution < -0.4 is 10.2 Å². The van der Waals surface area contributed by atoms with Gasteiger partial charge < -0.3 is 15.1 Å². The number of hydrogen-bond acceptors (Lipinski definition) is 3. The number of nitrogens with one attached hydrogen (secondary N) is 1. The van der Waals surface area contributed by atoms with Crippen LogP contribution in [0.2, 0.25) is 0 Å². The molecule has 0 saturated heterocycles. The Morgan fingerprint density at radius 2 is 2.12 bits per heavy atom. The van der Waals surface area contributed by atoms with Gasteiger partial charge in [0.2, 0.25) is 0 Å². The molecule has 0 radical (unpaired) electrons. The third-order valence-corrected chi connectivity index (χ3v) is 2.74. The van der Waals surface area contributed by atoms with E-state index in [0.29, 0.717) is 6.67 Å². The fourth-order valence-corrected chi connectivity index (χ4v) is 1.81. The maximum atomic E-state index is 11.6. The Bertz CT molecular complexity index is 390. The third kappa shape index (κ3) is 2.17. The van der Waals surface area contributed by atoms with Crippen molar-refractivity contribution in [3.05, 3.63) is 29.8 Å². The molecule has 0 aliphatic carbocycles. The van der Waals surface area contributed by atoms with Crippen molar-refractivity contribution in [2.45, 2.75) is 0 Å². The third-order valence-electron chi connectivity index (χ3n) is 2.74. The second kappa shape index (κ2) is 4.53. The van der Waals surface area contributed by atoms with Crippen LogP contribution in [0.15, 0.2) is 24.3 Å². The summed E-state index contributed by atoms with van der Waals surface area (Å²) < 4.78 is 0. The van der Waals surface area contributed by atoms with Crippen LogP contribution in [0.1, 0.15) is 10.4 Å². The van der Waals surface area contributed by atoms with Crippen LogP contribution in [0.25, 0.3) is 0 Å². The van der Waals surface area contributed by atoms with Crippen LogP contribution in [0.4, 0.5) is 5.69 Å². The van der Waals surface area contributed by atoms with Crippen molar-refractivity contribution in [3.63, 3.8) is 0 Å². The molecule has 0 aromatic heterocycles. The smallest absolute Gasteiger partial charge is 0.254 e. The van der Waals surface area contributed by atoms with Crippen molar-refractivity contribution in [1.29, 1.82) is 0 Å². The zero-order valence-corrected chi connectivity index (χ0v) is 9.73. The second-order valence-electron chi connectivity index (χ2n) is 4.25. The van der Waals surface area contributed by atoms with Gasteiger partial charge in [-0.3, -0.25) is 4.79 Å². The van der Waals surface area contributed by atoms with Crippen molar-refractivity contribution in [1.82, 2.24) is 10.2 Å². The first-order chi connectivity index (χ1) is 7.68. The molecule has 16 heavy (non-hydrogen) atoms. The lowest BCUT2D eigenvalue weighted by molar-refractivity contribution is 0.0947. The van der Waals surface area contributed by atoms with E-state index < -0.39 is 0 Å². The van der Waals surface area contributed by atoms with E-state index in [4.69, 9.17) is 0 Å². The fourth-order valence-electron chi connectivity index (χ4n) is 1.81. The first-order valence-electron chi connectivity index (χ1n) is 5.45. The highest BCUT2D eigenvalue weighted by atomic mass is 16.2. The van der Waals surface area contributed by atoms with E-state index in [-0.39, 0.29) is 5.91 Å². The molecule has 0 atom stereocenters. The summed E-state index contributed by atoms with van der Waals surface area (Å²) in [6, 6.07) is 7.74. The van der Waals surface area contributed by atoms with Crippen LogP contribution in [0.5, 0.6) is 0 Å². The lowest BCUT2D eigenvalue weighted by Crippen LogP contribution is -2.45. The van der Waals surface area contributed by atoms with Gasteiger partial charge in [-0.1, -0.05) is 12.1 Å². The zero-order valence-electron chi connectivity index (χ0n) is 9.73. The monoisotopic (exact) mass is 219 g/mol. The number of benzene rings is 1. The van der Waals surface area contributed by atoms with Crippen LogP contribution in [-0.2, 0) is 0 Å². The number of carbonyl (C=O) groups excluding carboxylic acids is 1.